The number of halogens is 2. The maximum atomic E-state index is 13.6. The van der Waals surface area contributed by atoms with Crippen LogP contribution in [0.2, 0.25) is 10.0 Å². The van der Waals surface area contributed by atoms with Crippen molar-refractivity contribution < 1.29 is 28.5 Å². The van der Waals surface area contributed by atoms with Gasteiger partial charge in [0.25, 0.3) is 0 Å². The third-order valence-corrected chi connectivity index (χ3v) is 9.11. The van der Waals surface area contributed by atoms with Crippen LogP contribution in [0, 0.1) is 0 Å². The van der Waals surface area contributed by atoms with E-state index in [0.29, 0.717) is 49.6 Å². The van der Waals surface area contributed by atoms with Gasteiger partial charge in [0.15, 0.2) is 6.29 Å². The fourth-order valence-electron chi connectivity index (χ4n) is 5.85. The third kappa shape index (κ3) is 12.1. The summed E-state index contributed by atoms with van der Waals surface area (Å²) in [5.41, 5.74) is 1.93. The normalized spacial score (nSPS) is 21.2. The number of carbonyl (C=O) groups excluding carboxylic acids is 1. The van der Waals surface area contributed by atoms with Gasteiger partial charge in [-0.2, -0.15) is 0 Å². The monoisotopic (exact) mass is 665 g/mol. The van der Waals surface area contributed by atoms with Crippen molar-refractivity contribution in [2.45, 2.75) is 56.6 Å². The highest BCUT2D eigenvalue weighted by Gasteiger charge is 2.37. The van der Waals surface area contributed by atoms with Gasteiger partial charge in [-0.1, -0.05) is 59.6 Å². The number of likely N-dealkylation sites (N-methyl/N-ethyl adjacent to an activating group) is 1. The number of amides is 1. The predicted molar refractivity (Wildman–Crippen MR) is 177 cm³/mol. The fraction of sp³-hybridized carbons (Fsp3) is 0.618. The number of likely N-dealkylation sites (tertiary alicyclic amines) is 1. The van der Waals surface area contributed by atoms with E-state index in [0.717, 1.165) is 63.1 Å². The molecule has 11 heteroatoms. The Balaban J connectivity index is 1.38. The van der Waals surface area contributed by atoms with Crippen LogP contribution in [0.15, 0.2) is 48.5 Å². The number of ether oxygens (including phenoxy) is 5. The molecule has 0 spiro atoms. The molecule has 0 aliphatic carbocycles. The number of benzene rings is 2. The van der Waals surface area contributed by atoms with E-state index in [1.54, 1.807) is 19.2 Å². The molecule has 2 heterocycles. The highest BCUT2D eigenvalue weighted by Crippen LogP contribution is 2.30. The summed E-state index contributed by atoms with van der Waals surface area (Å²) in [6, 6.07) is 15.7. The van der Waals surface area contributed by atoms with Crippen LogP contribution in [0.1, 0.15) is 42.9 Å². The third-order valence-electron chi connectivity index (χ3n) is 8.37. The molecule has 0 saturated carbocycles. The summed E-state index contributed by atoms with van der Waals surface area (Å²) < 4.78 is 28.6. The number of nitrogens with one attached hydrogen (secondary N) is 1. The van der Waals surface area contributed by atoms with E-state index < -0.39 is 0 Å². The predicted octanol–water partition coefficient (Wildman–Crippen LogP) is 4.99. The minimum Gasteiger partial charge on any atom is -0.382 e. The van der Waals surface area contributed by atoms with Crippen molar-refractivity contribution in [3.05, 3.63) is 69.7 Å². The molecule has 0 radical (unpaired) electrons. The summed E-state index contributed by atoms with van der Waals surface area (Å²) in [5.74, 6) is 0.0165. The largest absolute Gasteiger partial charge is 0.382 e. The van der Waals surface area contributed by atoms with Gasteiger partial charge in [0.2, 0.25) is 5.91 Å². The lowest BCUT2D eigenvalue weighted by atomic mass is 10.0. The van der Waals surface area contributed by atoms with Crippen molar-refractivity contribution in [2.75, 3.05) is 80.0 Å². The second-order valence-electron chi connectivity index (χ2n) is 11.7. The van der Waals surface area contributed by atoms with Gasteiger partial charge in [-0.25, -0.2) is 0 Å². The van der Waals surface area contributed by atoms with Gasteiger partial charge in [0.05, 0.1) is 61.6 Å². The summed E-state index contributed by atoms with van der Waals surface area (Å²) in [6.07, 6.45) is 4.21. The molecule has 2 aromatic rings. The first-order chi connectivity index (χ1) is 21.9. The van der Waals surface area contributed by atoms with Crippen LogP contribution < -0.4 is 5.32 Å². The lowest BCUT2D eigenvalue weighted by Crippen LogP contribution is -2.45. The Kier molecular flexibility index (Phi) is 15.8. The van der Waals surface area contributed by atoms with Crippen molar-refractivity contribution in [1.29, 1.82) is 0 Å². The van der Waals surface area contributed by atoms with Gasteiger partial charge < -0.3 is 33.9 Å². The molecule has 9 nitrogen and oxygen atoms in total. The second kappa shape index (κ2) is 19.8. The Morgan fingerprint density at radius 1 is 1.04 bits per heavy atom. The van der Waals surface area contributed by atoms with Crippen molar-refractivity contribution in [3.63, 3.8) is 0 Å². The fourth-order valence-corrected chi connectivity index (χ4v) is 6.17. The number of nitrogens with zero attached hydrogens (tertiary/aromatic N) is 2. The molecule has 250 valence electrons. The molecule has 2 aromatic carbocycles. The lowest BCUT2D eigenvalue weighted by Gasteiger charge is -2.35. The molecular weight excluding hydrogens is 617 g/mol. The number of carbonyl (C=O) groups is 1. The number of hydrogen-bond acceptors (Lipinski definition) is 8. The topological polar surface area (TPSA) is 81.7 Å². The van der Waals surface area contributed by atoms with Crippen LogP contribution in [0.4, 0.5) is 0 Å². The molecular formula is C34H49Cl2N3O6. The van der Waals surface area contributed by atoms with Crippen molar-refractivity contribution in [3.8, 4) is 0 Å². The Labute approximate surface area is 278 Å². The summed E-state index contributed by atoms with van der Waals surface area (Å²) in [6.45, 7) is 6.62. The minimum absolute atomic E-state index is 0.0165. The van der Waals surface area contributed by atoms with Crippen molar-refractivity contribution >= 4 is 29.1 Å². The zero-order chi connectivity index (χ0) is 31.9. The van der Waals surface area contributed by atoms with Gasteiger partial charge in [-0.15, -0.1) is 0 Å². The van der Waals surface area contributed by atoms with E-state index in [1.807, 2.05) is 36.2 Å². The zero-order valence-electron chi connectivity index (χ0n) is 26.6. The smallest absolute Gasteiger partial charge is 0.227 e. The minimum atomic E-state index is -0.143. The lowest BCUT2D eigenvalue weighted by molar-refractivity contribution is -0.185. The summed E-state index contributed by atoms with van der Waals surface area (Å²) in [7, 11) is 3.55. The van der Waals surface area contributed by atoms with Crippen LogP contribution in [-0.2, 0) is 34.9 Å². The Morgan fingerprint density at radius 3 is 2.56 bits per heavy atom. The number of rotatable bonds is 19. The number of hydrogen-bond donors (Lipinski definition) is 1. The quantitative estimate of drug-likeness (QED) is 0.210. The maximum absolute atomic E-state index is 13.6. The first kappa shape index (κ1) is 36.1. The standard InChI is InChI=1S/C34H49Cl2N3O6/c1-38(33(40)21-26-11-12-30(35)31(36)20-26)32(27-8-4-3-5-9-27)25-39-24-29(45-34-10-6-7-14-44-34)22-28(39)23-37-13-15-42-18-19-43-17-16-41-2/h3-5,8-9,11-12,20,28-29,32,34,37H,6-7,10,13-19,21-25H2,1-2H3/t28-,29?,32+,34?/m0/s1. The molecule has 1 amide bonds. The summed E-state index contributed by atoms with van der Waals surface area (Å²) in [5, 5.41) is 4.51. The number of methoxy groups -OCH3 is 1. The molecule has 2 fully saturated rings. The summed E-state index contributed by atoms with van der Waals surface area (Å²) in [4.78, 5) is 18.0. The van der Waals surface area contributed by atoms with E-state index in [1.165, 1.54) is 0 Å². The molecule has 2 unspecified atom stereocenters. The molecule has 0 aromatic heterocycles. The van der Waals surface area contributed by atoms with Gasteiger partial charge in [-0.05, 0) is 48.9 Å². The Hall–Kier alpha value is -1.79. The van der Waals surface area contributed by atoms with Crippen LogP contribution in [0.25, 0.3) is 0 Å². The first-order valence-electron chi connectivity index (χ1n) is 16.1. The van der Waals surface area contributed by atoms with Crippen molar-refractivity contribution in [1.82, 2.24) is 15.1 Å². The van der Waals surface area contributed by atoms with Crippen LogP contribution >= 0.6 is 23.2 Å². The van der Waals surface area contributed by atoms with E-state index in [2.05, 4.69) is 22.3 Å². The average Bonchev–Trinajstić information content (AvgIpc) is 3.43. The second-order valence-corrected chi connectivity index (χ2v) is 12.5. The summed E-state index contributed by atoms with van der Waals surface area (Å²) >= 11 is 12.4. The molecule has 0 bridgehead atoms. The van der Waals surface area contributed by atoms with Gasteiger partial charge >= 0.3 is 0 Å². The molecule has 45 heavy (non-hydrogen) atoms. The van der Waals surface area contributed by atoms with E-state index in [9.17, 15) is 4.79 Å². The van der Waals surface area contributed by atoms with Gasteiger partial charge in [0, 0.05) is 53.0 Å². The highest BCUT2D eigenvalue weighted by molar-refractivity contribution is 6.42. The molecule has 2 aliphatic rings. The molecule has 2 aliphatic heterocycles. The van der Waals surface area contributed by atoms with Crippen LogP contribution in [0.5, 0.6) is 0 Å². The molecule has 4 atom stereocenters. The van der Waals surface area contributed by atoms with E-state index >= 15 is 0 Å². The molecule has 4 rings (SSSR count). The van der Waals surface area contributed by atoms with Crippen molar-refractivity contribution in [2.24, 2.45) is 0 Å². The highest BCUT2D eigenvalue weighted by atomic mass is 35.5. The Bertz CT molecular complexity index is 1140. The van der Waals surface area contributed by atoms with Crippen LogP contribution in [0.3, 0.4) is 0 Å². The van der Waals surface area contributed by atoms with Crippen LogP contribution in [-0.4, -0.2) is 114 Å². The molecule has 2 saturated heterocycles. The van der Waals surface area contributed by atoms with E-state index in [-0.39, 0.29) is 36.8 Å². The Morgan fingerprint density at radius 2 is 1.82 bits per heavy atom. The maximum Gasteiger partial charge on any atom is 0.227 e. The molecule has 1 N–H and O–H groups in total. The van der Waals surface area contributed by atoms with E-state index in [4.69, 9.17) is 46.9 Å². The zero-order valence-corrected chi connectivity index (χ0v) is 28.1. The van der Waals surface area contributed by atoms with Gasteiger partial charge in [-0.3, -0.25) is 9.69 Å². The average molecular weight is 667 g/mol. The SMILES string of the molecule is COCCOCCOCCNC[C@@H]1CC(OC2CCCCO2)CN1C[C@H](c1ccccc1)N(C)C(=O)Cc1ccc(Cl)c(Cl)c1. The first-order valence-corrected chi connectivity index (χ1v) is 16.8. The van der Waals surface area contributed by atoms with Gasteiger partial charge in [0.1, 0.15) is 0 Å².